The standard InChI is InChI=1S/C16H20F2N2O4/c1-4-24-13(21)16(17,18)15(19)8-7-14(2,3)11-6-5-10(20(22)23)9-12(11)15/h5-6,9H,4,7-8,19H2,1-3H3/t15-/m1/s1. The largest absolute Gasteiger partial charge is 0.461 e. The van der Waals surface area contributed by atoms with Crippen molar-refractivity contribution in [3.8, 4) is 0 Å². The van der Waals surface area contributed by atoms with Gasteiger partial charge in [0, 0.05) is 12.1 Å². The number of hydrogen-bond donors (Lipinski definition) is 1. The van der Waals surface area contributed by atoms with Crippen molar-refractivity contribution < 1.29 is 23.2 Å². The molecule has 0 saturated heterocycles. The maximum Gasteiger partial charge on any atom is 0.379 e. The molecule has 0 bridgehead atoms. The highest BCUT2D eigenvalue weighted by Gasteiger charge is 2.62. The van der Waals surface area contributed by atoms with Gasteiger partial charge in [-0.15, -0.1) is 0 Å². The monoisotopic (exact) mass is 342 g/mol. The van der Waals surface area contributed by atoms with Gasteiger partial charge in [-0.05, 0) is 36.3 Å². The van der Waals surface area contributed by atoms with E-state index in [1.54, 1.807) is 0 Å². The first-order valence-electron chi connectivity index (χ1n) is 7.60. The molecule has 2 rings (SSSR count). The number of fused-ring (bicyclic) bond motifs is 1. The van der Waals surface area contributed by atoms with Gasteiger partial charge in [-0.3, -0.25) is 10.1 Å². The fourth-order valence-corrected chi connectivity index (χ4v) is 3.11. The molecule has 1 aliphatic carbocycles. The van der Waals surface area contributed by atoms with Gasteiger partial charge in [0.25, 0.3) is 5.69 Å². The first-order valence-corrected chi connectivity index (χ1v) is 7.60. The molecule has 24 heavy (non-hydrogen) atoms. The quantitative estimate of drug-likeness (QED) is 0.515. The molecule has 132 valence electrons. The Morgan fingerprint density at radius 1 is 1.38 bits per heavy atom. The van der Waals surface area contributed by atoms with Crippen molar-refractivity contribution in [3.63, 3.8) is 0 Å². The van der Waals surface area contributed by atoms with Crippen molar-refractivity contribution in [2.45, 2.75) is 50.5 Å². The van der Waals surface area contributed by atoms with E-state index in [1.807, 2.05) is 13.8 Å². The lowest BCUT2D eigenvalue weighted by molar-refractivity contribution is -0.385. The summed E-state index contributed by atoms with van der Waals surface area (Å²) in [7, 11) is 0. The fourth-order valence-electron chi connectivity index (χ4n) is 3.11. The Labute approximate surface area is 138 Å². The summed E-state index contributed by atoms with van der Waals surface area (Å²) in [6, 6.07) is 3.74. The predicted molar refractivity (Wildman–Crippen MR) is 82.8 cm³/mol. The molecule has 0 radical (unpaired) electrons. The minimum absolute atomic E-state index is 0.0778. The van der Waals surface area contributed by atoms with Crippen molar-refractivity contribution in [1.82, 2.24) is 0 Å². The second-order valence-corrected chi connectivity index (χ2v) is 6.64. The number of hydrogen-bond acceptors (Lipinski definition) is 5. The number of halogens is 2. The summed E-state index contributed by atoms with van der Waals surface area (Å²) in [5.74, 6) is -5.71. The Balaban J connectivity index is 2.68. The molecule has 0 fully saturated rings. The third kappa shape index (κ3) is 2.64. The lowest BCUT2D eigenvalue weighted by Crippen LogP contribution is -2.60. The molecule has 1 aliphatic rings. The Morgan fingerprint density at radius 2 is 2.00 bits per heavy atom. The Bertz CT molecular complexity index is 691. The van der Waals surface area contributed by atoms with Gasteiger partial charge in [0.05, 0.1) is 11.5 Å². The maximum absolute atomic E-state index is 14.8. The topological polar surface area (TPSA) is 95.5 Å². The van der Waals surface area contributed by atoms with Gasteiger partial charge in [0.15, 0.2) is 0 Å². The number of carbonyl (C=O) groups is 1. The van der Waals surface area contributed by atoms with Crippen LogP contribution >= 0.6 is 0 Å². The number of nitrogens with zero attached hydrogens (tertiary/aromatic N) is 1. The molecule has 0 saturated carbocycles. The zero-order valence-corrected chi connectivity index (χ0v) is 13.8. The molecule has 2 N–H and O–H groups in total. The minimum Gasteiger partial charge on any atom is -0.461 e. The van der Waals surface area contributed by atoms with E-state index in [9.17, 15) is 23.7 Å². The van der Waals surface area contributed by atoms with Crippen LogP contribution in [-0.4, -0.2) is 23.4 Å². The van der Waals surface area contributed by atoms with Crippen molar-refractivity contribution in [2.75, 3.05) is 6.61 Å². The van der Waals surface area contributed by atoms with Gasteiger partial charge in [-0.1, -0.05) is 19.9 Å². The molecule has 0 unspecified atom stereocenters. The smallest absolute Gasteiger partial charge is 0.379 e. The van der Waals surface area contributed by atoms with Gasteiger partial charge in [0.2, 0.25) is 0 Å². The van der Waals surface area contributed by atoms with Crippen LogP contribution < -0.4 is 5.73 Å². The van der Waals surface area contributed by atoms with Crippen molar-refractivity contribution in [1.29, 1.82) is 0 Å². The summed E-state index contributed by atoms with van der Waals surface area (Å²) >= 11 is 0. The number of rotatable bonds is 4. The van der Waals surface area contributed by atoms with E-state index < -0.39 is 27.8 Å². The summed E-state index contributed by atoms with van der Waals surface area (Å²) in [4.78, 5) is 22.1. The number of esters is 1. The zero-order chi connectivity index (χ0) is 18.3. The van der Waals surface area contributed by atoms with E-state index in [-0.39, 0.29) is 24.3 Å². The molecule has 0 aliphatic heterocycles. The van der Waals surface area contributed by atoms with Crippen LogP contribution in [0.3, 0.4) is 0 Å². The van der Waals surface area contributed by atoms with E-state index in [1.165, 1.54) is 19.1 Å². The van der Waals surface area contributed by atoms with Crippen LogP contribution in [0.2, 0.25) is 0 Å². The average Bonchev–Trinajstić information content (AvgIpc) is 2.51. The highest BCUT2D eigenvalue weighted by molar-refractivity contribution is 5.80. The summed E-state index contributed by atoms with van der Waals surface area (Å²) in [5.41, 5.74) is 3.21. The third-order valence-electron chi connectivity index (χ3n) is 4.66. The van der Waals surface area contributed by atoms with Crippen LogP contribution in [0.5, 0.6) is 0 Å². The number of nitro benzene ring substituents is 1. The third-order valence-corrected chi connectivity index (χ3v) is 4.66. The maximum atomic E-state index is 14.8. The molecule has 0 aromatic heterocycles. The molecule has 0 heterocycles. The van der Waals surface area contributed by atoms with Crippen LogP contribution in [0, 0.1) is 10.1 Å². The second-order valence-electron chi connectivity index (χ2n) is 6.64. The van der Waals surface area contributed by atoms with Gasteiger partial charge >= 0.3 is 11.9 Å². The number of nitro groups is 1. The van der Waals surface area contributed by atoms with Crippen LogP contribution in [0.15, 0.2) is 18.2 Å². The molecule has 6 nitrogen and oxygen atoms in total. The van der Waals surface area contributed by atoms with E-state index in [4.69, 9.17) is 5.73 Å². The molecule has 8 heteroatoms. The fraction of sp³-hybridized carbons (Fsp3) is 0.562. The Morgan fingerprint density at radius 3 is 2.54 bits per heavy atom. The van der Waals surface area contributed by atoms with Gasteiger partial charge in [-0.2, -0.15) is 8.78 Å². The van der Waals surface area contributed by atoms with Gasteiger partial charge in [-0.25, -0.2) is 4.79 Å². The SMILES string of the molecule is CCOC(=O)C(F)(F)[C@@]1(N)CCC(C)(C)c2ccc([N+](=O)[O-])cc21. The summed E-state index contributed by atoms with van der Waals surface area (Å²) in [6.45, 7) is 4.90. The van der Waals surface area contributed by atoms with E-state index in [0.717, 1.165) is 6.07 Å². The summed E-state index contributed by atoms with van der Waals surface area (Å²) < 4.78 is 34.0. The number of nitrogens with two attached hydrogens (primary N) is 1. The lowest BCUT2D eigenvalue weighted by Gasteiger charge is -2.45. The number of non-ortho nitro benzene ring substituents is 1. The van der Waals surface area contributed by atoms with Crippen LogP contribution in [0.1, 0.15) is 44.7 Å². The number of alkyl halides is 2. The zero-order valence-electron chi connectivity index (χ0n) is 13.8. The first kappa shape index (κ1) is 18.3. The van der Waals surface area contributed by atoms with Crippen LogP contribution in [0.4, 0.5) is 14.5 Å². The van der Waals surface area contributed by atoms with Crippen molar-refractivity contribution in [2.24, 2.45) is 5.73 Å². The first-order chi connectivity index (χ1) is 11.0. The summed E-state index contributed by atoms with van der Waals surface area (Å²) in [6.07, 6.45) is 0.114. The molecular weight excluding hydrogens is 322 g/mol. The van der Waals surface area contributed by atoms with Crippen LogP contribution in [-0.2, 0) is 20.5 Å². The predicted octanol–water partition coefficient (Wildman–Crippen LogP) is 3.02. The van der Waals surface area contributed by atoms with E-state index in [2.05, 4.69) is 4.74 Å². The Hall–Kier alpha value is -2.09. The molecular formula is C16H20F2N2O4. The highest BCUT2D eigenvalue weighted by atomic mass is 19.3. The van der Waals surface area contributed by atoms with Crippen LogP contribution in [0.25, 0.3) is 0 Å². The number of ether oxygens (including phenoxy) is 1. The summed E-state index contributed by atoms with van der Waals surface area (Å²) in [5, 5.41) is 11.0. The molecule has 0 spiro atoms. The highest BCUT2D eigenvalue weighted by Crippen LogP contribution is 2.51. The number of carbonyl (C=O) groups excluding carboxylic acids is 1. The average molecular weight is 342 g/mol. The Kier molecular flexibility index (Phi) is 4.39. The van der Waals surface area contributed by atoms with Crippen molar-refractivity contribution in [3.05, 3.63) is 39.4 Å². The second kappa shape index (κ2) is 5.77. The van der Waals surface area contributed by atoms with Crippen molar-refractivity contribution >= 4 is 11.7 Å². The minimum atomic E-state index is -4.00. The lowest BCUT2D eigenvalue weighted by atomic mass is 9.63. The van der Waals surface area contributed by atoms with Gasteiger partial charge < -0.3 is 10.5 Å². The molecule has 1 aromatic rings. The molecule has 0 amide bonds. The van der Waals surface area contributed by atoms with Gasteiger partial charge in [0.1, 0.15) is 5.54 Å². The molecule has 1 aromatic carbocycles. The normalized spacial score (nSPS) is 22.6. The number of benzene rings is 1. The molecule has 1 atom stereocenters. The van der Waals surface area contributed by atoms with E-state index >= 15 is 0 Å². The van der Waals surface area contributed by atoms with E-state index in [0.29, 0.717) is 12.0 Å².